The molecule has 1 amide bonds. The maximum Gasteiger partial charge on any atom is 0.291 e. The number of anilines is 1. The highest BCUT2D eigenvalue weighted by Gasteiger charge is 2.29. The lowest BCUT2D eigenvalue weighted by Gasteiger charge is -2.26. The molecule has 1 aliphatic heterocycles. The topological polar surface area (TPSA) is 88.8 Å². The van der Waals surface area contributed by atoms with Gasteiger partial charge in [0, 0.05) is 29.7 Å². The Hall–Kier alpha value is -2.55. The van der Waals surface area contributed by atoms with Gasteiger partial charge in [0.2, 0.25) is 10.0 Å². The normalized spacial score (nSPS) is 15.2. The lowest BCUT2D eigenvalue weighted by atomic mass is 10.1. The van der Waals surface area contributed by atoms with Crippen molar-refractivity contribution in [2.24, 2.45) is 0 Å². The molecule has 1 fully saturated rings. The van der Waals surface area contributed by atoms with Crippen LogP contribution in [-0.2, 0) is 10.0 Å². The molecule has 0 saturated carbocycles. The van der Waals surface area contributed by atoms with E-state index in [0.717, 1.165) is 24.6 Å². The molecular formula is C22H23ClN2O5S. The summed E-state index contributed by atoms with van der Waals surface area (Å²) in [5.74, 6) is -0.133. The van der Waals surface area contributed by atoms with Gasteiger partial charge in [-0.2, -0.15) is 4.31 Å². The predicted octanol–water partition coefficient (Wildman–Crippen LogP) is 4.83. The molecule has 0 atom stereocenters. The maximum atomic E-state index is 13.2. The molecule has 9 heteroatoms. The fourth-order valence-electron chi connectivity index (χ4n) is 3.81. The van der Waals surface area contributed by atoms with Crippen LogP contribution in [0.5, 0.6) is 5.75 Å². The number of amides is 1. The molecule has 1 saturated heterocycles. The van der Waals surface area contributed by atoms with Crippen LogP contribution in [0.15, 0.2) is 45.7 Å². The second-order valence-corrected chi connectivity index (χ2v) is 9.77. The number of halogens is 1. The van der Waals surface area contributed by atoms with Crippen LogP contribution in [0.25, 0.3) is 11.0 Å². The van der Waals surface area contributed by atoms with E-state index < -0.39 is 15.9 Å². The first-order valence-corrected chi connectivity index (χ1v) is 11.8. The SMILES string of the molecule is COc1ccc(NC(=O)c2oc3c(Cl)cccc3c2C)cc1S(=O)(=O)N1CCCCC1. The van der Waals surface area contributed by atoms with Gasteiger partial charge in [-0.3, -0.25) is 4.79 Å². The number of furan rings is 1. The van der Waals surface area contributed by atoms with Crippen LogP contribution >= 0.6 is 11.6 Å². The van der Waals surface area contributed by atoms with Crippen LogP contribution < -0.4 is 10.1 Å². The standard InChI is InChI=1S/C22H23ClN2O5S/c1-14-16-7-6-8-17(23)21(16)30-20(14)22(26)24-15-9-10-18(29-2)19(13-15)31(27,28)25-11-4-3-5-12-25/h6-10,13H,3-5,11-12H2,1-2H3,(H,24,26). The van der Waals surface area contributed by atoms with Crippen molar-refractivity contribution in [1.29, 1.82) is 0 Å². The van der Waals surface area contributed by atoms with E-state index in [-0.39, 0.29) is 16.4 Å². The highest BCUT2D eigenvalue weighted by atomic mass is 35.5. The quantitative estimate of drug-likeness (QED) is 0.586. The van der Waals surface area contributed by atoms with E-state index >= 15 is 0 Å². The molecule has 31 heavy (non-hydrogen) atoms. The Morgan fingerprint density at radius 3 is 2.58 bits per heavy atom. The number of hydrogen-bond acceptors (Lipinski definition) is 5. The van der Waals surface area contributed by atoms with Crippen molar-refractivity contribution < 1.29 is 22.4 Å². The number of benzene rings is 2. The molecule has 0 radical (unpaired) electrons. The van der Waals surface area contributed by atoms with Crippen LogP contribution in [0.4, 0.5) is 5.69 Å². The number of ether oxygens (including phenoxy) is 1. The minimum atomic E-state index is -3.75. The third kappa shape index (κ3) is 4.03. The number of hydrogen-bond donors (Lipinski definition) is 1. The third-order valence-electron chi connectivity index (χ3n) is 5.48. The fourth-order valence-corrected chi connectivity index (χ4v) is 5.73. The number of nitrogens with zero attached hydrogens (tertiary/aromatic N) is 1. The first-order valence-electron chi connectivity index (χ1n) is 10.00. The van der Waals surface area contributed by atoms with Gasteiger partial charge in [-0.05, 0) is 44.0 Å². The number of sulfonamides is 1. The number of rotatable bonds is 5. The van der Waals surface area contributed by atoms with Crippen molar-refractivity contribution in [2.75, 3.05) is 25.5 Å². The van der Waals surface area contributed by atoms with Gasteiger partial charge < -0.3 is 14.5 Å². The van der Waals surface area contributed by atoms with Crippen molar-refractivity contribution in [3.8, 4) is 5.75 Å². The van der Waals surface area contributed by atoms with Gasteiger partial charge in [0.05, 0.1) is 12.1 Å². The average molecular weight is 463 g/mol. The highest BCUT2D eigenvalue weighted by molar-refractivity contribution is 7.89. The van der Waals surface area contributed by atoms with E-state index in [1.54, 1.807) is 25.1 Å². The second kappa shape index (κ2) is 8.53. The van der Waals surface area contributed by atoms with Crippen LogP contribution in [0.3, 0.4) is 0 Å². The molecular weight excluding hydrogens is 440 g/mol. The van der Waals surface area contributed by atoms with E-state index in [9.17, 15) is 13.2 Å². The molecule has 0 unspecified atom stereocenters. The summed E-state index contributed by atoms with van der Waals surface area (Å²) in [6.45, 7) is 2.72. The fraction of sp³-hybridized carbons (Fsp3) is 0.318. The van der Waals surface area contributed by atoms with Crippen molar-refractivity contribution in [3.63, 3.8) is 0 Å². The largest absolute Gasteiger partial charge is 0.495 e. The monoisotopic (exact) mass is 462 g/mol. The van der Waals surface area contributed by atoms with Gasteiger partial charge in [0.25, 0.3) is 5.91 Å². The zero-order chi connectivity index (χ0) is 22.2. The summed E-state index contributed by atoms with van der Waals surface area (Å²) < 4.78 is 38.8. The van der Waals surface area contributed by atoms with Crippen molar-refractivity contribution >= 4 is 44.2 Å². The Bertz CT molecular complexity index is 1250. The average Bonchev–Trinajstić information content (AvgIpc) is 3.12. The molecule has 0 bridgehead atoms. The molecule has 164 valence electrons. The molecule has 0 spiro atoms. The summed E-state index contributed by atoms with van der Waals surface area (Å²) >= 11 is 6.17. The highest BCUT2D eigenvalue weighted by Crippen LogP contribution is 2.33. The minimum absolute atomic E-state index is 0.0269. The van der Waals surface area contributed by atoms with Crippen LogP contribution in [0.1, 0.15) is 35.4 Å². The molecule has 2 aromatic carbocycles. The van der Waals surface area contributed by atoms with E-state index in [1.807, 2.05) is 6.07 Å². The van der Waals surface area contributed by atoms with Gasteiger partial charge >= 0.3 is 0 Å². The van der Waals surface area contributed by atoms with Gasteiger partial charge in [-0.15, -0.1) is 0 Å². The molecule has 3 aromatic rings. The van der Waals surface area contributed by atoms with Crippen molar-refractivity contribution in [1.82, 2.24) is 4.31 Å². The summed E-state index contributed by atoms with van der Waals surface area (Å²) in [4.78, 5) is 12.9. The molecule has 2 heterocycles. The number of carbonyl (C=O) groups excluding carboxylic acids is 1. The van der Waals surface area contributed by atoms with Crippen molar-refractivity contribution in [2.45, 2.75) is 31.1 Å². The van der Waals surface area contributed by atoms with Gasteiger partial charge in [-0.1, -0.05) is 30.2 Å². The summed E-state index contributed by atoms with van der Waals surface area (Å²) in [6, 6.07) is 9.86. The van der Waals surface area contributed by atoms with Gasteiger partial charge in [0.1, 0.15) is 10.6 Å². The molecule has 1 aromatic heterocycles. The number of piperidine rings is 1. The Morgan fingerprint density at radius 2 is 1.90 bits per heavy atom. The number of carbonyl (C=O) groups is 1. The summed E-state index contributed by atoms with van der Waals surface area (Å²) in [7, 11) is -2.32. The Labute approximate surface area is 186 Å². The Kier molecular flexibility index (Phi) is 5.96. The number of methoxy groups -OCH3 is 1. The third-order valence-corrected chi connectivity index (χ3v) is 7.69. The van der Waals surface area contributed by atoms with Crippen LogP contribution in [0.2, 0.25) is 5.02 Å². The molecule has 7 nitrogen and oxygen atoms in total. The first kappa shape index (κ1) is 21.7. The lowest BCUT2D eigenvalue weighted by molar-refractivity contribution is 0.0998. The maximum absolute atomic E-state index is 13.2. The van der Waals surface area contributed by atoms with Gasteiger partial charge in [-0.25, -0.2) is 8.42 Å². The summed E-state index contributed by atoms with van der Waals surface area (Å²) in [6.07, 6.45) is 2.66. The first-order chi connectivity index (χ1) is 14.8. The summed E-state index contributed by atoms with van der Waals surface area (Å²) in [5.41, 5.74) is 1.42. The number of fused-ring (bicyclic) bond motifs is 1. The zero-order valence-electron chi connectivity index (χ0n) is 17.3. The zero-order valence-corrected chi connectivity index (χ0v) is 18.8. The molecule has 4 rings (SSSR count). The second-order valence-electron chi connectivity index (χ2n) is 7.46. The number of para-hydroxylation sites is 1. The smallest absolute Gasteiger partial charge is 0.291 e. The predicted molar refractivity (Wildman–Crippen MR) is 120 cm³/mol. The Balaban J connectivity index is 1.67. The van der Waals surface area contributed by atoms with Crippen LogP contribution in [-0.4, -0.2) is 38.8 Å². The van der Waals surface area contributed by atoms with E-state index in [2.05, 4.69) is 5.32 Å². The Morgan fingerprint density at radius 1 is 1.16 bits per heavy atom. The van der Waals surface area contributed by atoms with E-state index in [1.165, 1.54) is 23.5 Å². The minimum Gasteiger partial charge on any atom is -0.495 e. The van der Waals surface area contributed by atoms with Crippen molar-refractivity contribution in [3.05, 3.63) is 52.7 Å². The van der Waals surface area contributed by atoms with Crippen LogP contribution in [0, 0.1) is 6.92 Å². The lowest BCUT2D eigenvalue weighted by Crippen LogP contribution is -2.35. The van der Waals surface area contributed by atoms with E-state index in [4.69, 9.17) is 20.8 Å². The molecule has 0 aliphatic carbocycles. The molecule has 1 aliphatic rings. The van der Waals surface area contributed by atoms with Gasteiger partial charge in [0.15, 0.2) is 11.3 Å². The summed E-state index contributed by atoms with van der Waals surface area (Å²) in [5, 5.41) is 3.90. The molecule has 1 N–H and O–H groups in total. The number of nitrogens with one attached hydrogen (secondary N) is 1. The number of aryl methyl sites for hydroxylation is 1. The van der Waals surface area contributed by atoms with E-state index in [0.29, 0.717) is 34.9 Å².